The van der Waals surface area contributed by atoms with Gasteiger partial charge in [0.1, 0.15) is 5.69 Å². The van der Waals surface area contributed by atoms with Gasteiger partial charge in [0.25, 0.3) is 11.8 Å². The molecule has 0 radical (unpaired) electrons. The quantitative estimate of drug-likeness (QED) is 0.184. The third-order valence-electron chi connectivity index (χ3n) is 7.90. The predicted molar refractivity (Wildman–Crippen MR) is 152 cm³/mol. The molecule has 1 aliphatic carbocycles. The molecule has 2 amide bonds. The SMILES string of the molecule is Cn1nc(C(=O)NCc2ccc(C#N)cc2)c2c1C(=O)N(CC1(S(=O)(=O)C(C)(C)COC(F)(F)COS(=O)(=O)C(F)(F)F)CC1)CC2. The summed E-state index contributed by atoms with van der Waals surface area (Å²) >= 11 is 0. The van der Waals surface area contributed by atoms with Gasteiger partial charge in [-0.15, -0.1) is 0 Å². The number of carbonyl (C=O) groups is 2. The van der Waals surface area contributed by atoms with Crippen LogP contribution in [-0.2, 0) is 48.9 Å². The molecule has 0 saturated heterocycles. The van der Waals surface area contributed by atoms with Gasteiger partial charge >= 0.3 is 21.7 Å². The fraction of sp³-hybridized carbons (Fsp3) is 0.556. The van der Waals surface area contributed by atoms with Crippen molar-refractivity contribution in [3.05, 3.63) is 52.3 Å². The average molecular weight is 712 g/mol. The number of hydrogen-bond acceptors (Lipinski definition) is 10. The Kier molecular flexibility index (Phi) is 9.55. The maximum atomic E-state index is 14.1. The lowest BCUT2D eigenvalue weighted by molar-refractivity contribution is -0.255. The number of nitrogens with one attached hydrogen (secondary N) is 1. The van der Waals surface area contributed by atoms with E-state index in [1.54, 1.807) is 24.3 Å². The number of nitriles is 1. The van der Waals surface area contributed by atoms with Gasteiger partial charge in [-0.25, -0.2) is 8.42 Å². The molecule has 13 nitrogen and oxygen atoms in total. The number of benzene rings is 1. The summed E-state index contributed by atoms with van der Waals surface area (Å²) in [7, 11) is -9.26. The summed E-state index contributed by atoms with van der Waals surface area (Å²) in [5, 5.41) is 15.9. The molecule has 1 aromatic heterocycles. The molecule has 0 spiro atoms. The highest BCUT2D eigenvalue weighted by Crippen LogP contribution is 2.49. The number of hydrogen-bond donors (Lipinski definition) is 1. The summed E-state index contributed by atoms with van der Waals surface area (Å²) in [4.78, 5) is 27.8. The van der Waals surface area contributed by atoms with Gasteiger partial charge < -0.3 is 15.0 Å². The van der Waals surface area contributed by atoms with Crippen molar-refractivity contribution in [3.8, 4) is 6.07 Å². The number of nitrogens with zero attached hydrogens (tertiary/aromatic N) is 4. The number of alkyl halides is 5. The maximum Gasteiger partial charge on any atom is 0.523 e. The van der Waals surface area contributed by atoms with E-state index in [-0.39, 0.29) is 50.3 Å². The van der Waals surface area contributed by atoms with Crippen LogP contribution in [0.1, 0.15) is 64.4 Å². The lowest BCUT2D eigenvalue weighted by Crippen LogP contribution is -2.52. The van der Waals surface area contributed by atoms with Gasteiger partial charge in [-0.3, -0.25) is 18.5 Å². The normalized spacial score (nSPS) is 16.8. The second-order valence-corrected chi connectivity index (χ2v) is 16.4. The Morgan fingerprint density at radius 2 is 1.70 bits per heavy atom. The number of halogens is 5. The van der Waals surface area contributed by atoms with Crippen LogP contribution in [0.25, 0.3) is 0 Å². The Morgan fingerprint density at radius 1 is 1.09 bits per heavy atom. The first kappa shape index (κ1) is 36.2. The molecule has 2 aromatic rings. The van der Waals surface area contributed by atoms with E-state index >= 15 is 0 Å². The van der Waals surface area contributed by atoms with Crippen molar-refractivity contribution in [2.24, 2.45) is 7.05 Å². The fourth-order valence-electron chi connectivity index (χ4n) is 5.06. The summed E-state index contributed by atoms with van der Waals surface area (Å²) in [6, 6.07) is 8.54. The first-order chi connectivity index (χ1) is 21.6. The molecule has 1 fully saturated rings. The van der Waals surface area contributed by atoms with Crippen LogP contribution in [0.3, 0.4) is 0 Å². The summed E-state index contributed by atoms with van der Waals surface area (Å²) in [6.45, 7) is -1.61. The van der Waals surface area contributed by atoms with Crippen molar-refractivity contribution in [3.63, 3.8) is 0 Å². The summed E-state index contributed by atoms with van der Waals surface area (Å²) < 4.78 is 120. The number of carbonyl (C=O) groups excluding carboxylic acids is 2. The van der Waals surface area contributed by atoms with Crippen molar-refractivity contribution in [2.75, 3.05) is 26.3 Å². The average Bonchev–Trinajstić information content (AvgIpc) is 3.71. The first-order valence-corrected chi connectivity index (χ1v) is 16.8. The highest BCUT2D eigenvalue weighted by atomic mass is 32.2. The molecule has 258 valence electrons. The predicted octanol–water partition coefficient (Wildman–Crippen LogP) is 2.42. The number of fused-ring (bicyclic) bond motifs is 1. The smallest absolute Gasteiger partial charge is 0.347 e. The molecule has 0 atom stereocenters. The molecule has 47 heavy (non-hydrogen) atoms. The second-order valence-electron chi connectivity index (χ2n) is 11.8. The molecule has 0 bridgehead atoms. The van der Waals surface area contributed by atoms with Gasteiger partial charge in [0.05, 0.1) is 27.7 Å². The molecule has 1 aromatic carbocycles. The molecule has 2 heterocycles. The van der Waals surface area contributed by atoms with Crippen molar-refractivity contribution in [2.45, 2.75) is 60.8 Å². The second kappa shape index (κ2) is 12.4. The van der Waals surface area contributed by atoms with E-state index < -0.39 is 66.1 Å². The summed E-state index contributed by atoms with van der Waals surface area (Å²) in [6.07, 6.45) is -4.28. The van der Waals surface area contributed by atoms with E-state index in [1.165, 1.54) is 16.6 Å². The number of ether oxygens (including phenoxy) is 1. The zero-order valence-corrected chi connectivity index (χ0v) is 26.9. The number of rotatable bonds is 13. The van der Waals surface area contributed by atoms with E-state index in [2.05, 4.69) is 19.3 Å². The van der Waals surface area contributed by atoms with Crippen molar-refractivity contribution in [1.82, 2.24) is 20.0 Å². The molecular formula is C27H30F5N5O8S2. The van der Waals surface area contributed by atoms with Crippen molar-refractivity contribution < 1.29 is 57.3 Å². The third-order valence-corrected chi connectivity index (χ3v) is 12.1. The minimum atomic E-state index is -6.35. The monoisotopic (exact) mass is 711 g/mol. The zero-order chi connectivity index (χ0) is 35.2. The number of aromatic nitrogens is 2. The van der Waals surface area contributed by atoms with Gasteiger partial charge in [0, 0.05) is 32.2 Å². The third kappa shape index (κ3) is 7.27. The molecule has 1 aliphatic heterocycles. The van der Waals surface area contributed by atoms with Crippen LogP contribution in [0.2, 0.25) is 0 Å². The minimum Gasteiger partial charge on any atom is -0.347 e. The standard InChI is InChI=1S/C27H30F5N5O8S2/c1-24(2,15-44-26(28,29)16-45-47(42,43)27(30,31)32)46(40,41)25(9-10-25)14-37-11-8-19-20(35-36(3)21(19)23(37)39)22(38)34-13-18-6-4-17(12-33)5-7-18/h4-7H,8-11,13-16H2,1-3H3,(H,34,38). The highest BCUT2D eigenvalue weighted by Gasteiger charge is 2.61. The van der Waals surface area contributed by atoms with Gasteiger partial charge in [-0.05, 0) is 50.8 Å². The van der Waals surface area contributed by atoms with E-state index in [1.807, 2.05) is 6.07 Å². The van der Waals surface area contributed by atoms with Crippen LogP contribution in [0.15, 0.2) is 24.3 Å². The van der Waals surface area contributed by atoms with E-state index in [9.17, 15) is 48.4 Å². The van der Waals surface area contributed by atoms with Crippen molar-refractivity contribution in [1.29, 1.82) is 5.26 Å². The Hall–Kier alpha value is -3.67. The fourth-order valence-corrected chi connectivity index (χ4v) is 7.84. The zero-order valence-electron chi connectivity index (χ0n) is 25.2. The molecule has 0 unspecified atom stereocenters. The summed E-state index contributed by atoms with van der Waals surface area (Å²) in [5.74, 6) is -1.15. The van der Waals surface area contributed by atoms with Crippen LogP contribution in [0, 0.1) is 11.3 Å². The van der Waals surface area contributed by atoms with E-state index in [4.69, 9.17) is 5.26 Å². The van der Waals surface area contributed by atoms with E-state index in [0.29, 0.717) is 11.1 Å². The molecule has 2 aliphatic rings. The highest BCUT2D eigenvalue weighted by molar-refractivity contribution is 7.94. The van der Waals surface area contributed by atoms with Crippen molar-refractivity contribution >= 4 is 31.8 Å². The van der Waals surface area contributed by atoms with Crippen LogP contribution in [0.4, 0.5) is 22.0 Å². The van der Waals surface area contributed by atoms with Gasteiger partial charge in [0.2, 0.25) is 0 Å². The topological polar surface area (TPSA) is 178 Å². The van der Waals surface area contributed by atoms with Crippen LogP contribution in [-0.4, -0.2) is 90.7 Å². The van der Waals surface area contributed by atoms with Crippen LogP contribution >= 0.6 is 0 Å². The number of sulfone groups is 1. The number of amides is 2. The number of aryl methyl sites for hydroxylation is 1. The molecule has 1 saturated carbocycles. The van der Waals surface area contributed by atoms with E-state index in [0.717, 1.165) is 19.4 Å². The lowest BCUT2D eigenvalue weighted by atomic mass is 10.0. The first-order valence-electron chi connectivity index (χ1n) is 13.9. The molecule has 4 rings (SSSR count). The minimum absolute atomic E-state index is 0.0177. The lowest BCUT2D eigenvalue weighted by Gasteiger charge is -2.35. The molecular weight excluding hydrogens is 681 g/mol. The summed E-state index contributed by atoms with van der Waals surface area (Å²) in [5.41, 5.74) is -4.32. The van der Waals surface area contributed by atoms with Gasteiger partial charge in [0.15, 0.2) is 22.1 Å². The Morgan fingerprint density at radius 3 is 2.26 bits per heavy atom. The van der Waals surface area contributed by atoms with Gasteiger partial charge in [-0.1, -0.05) is 12.1 Å². The Balaban J connectivity index is 1.42. The molecule has 1 N–H and O–H groups in total. The molecule has 20 heteroatoms. The van der Waals surface area contributed by atoms with Crippen LogP contribution in [0.5, 0.6) is 0 Å². The van der Waals surface area contributed by atoms with Crippen LogP contribution < -0.4 is 5.32 Å². The Bertz CT molecular complexity index is 1810. The van der Waals surface area contributed by atoms with Gasteiger partial charge in [-0.2, -0.15) is 40.7 Å². The Labute approximate surface area is 266 Å². The largest absolute Gasteiger partial charge is 0.523 e. The maximum absolute atomic E-state index is 14.1.